The number of methoxy groups -OCH3 is 2. The molecular formula is C18H23N3O5. The molecule has 26 heavy (non-hydrogen) atoms. The lowest BCUT2D eigenvalue weighted by Crippen LogP contribution is -2.49. The Labute approximate surface area is 151 Å². The Kier molecular flexibility index (Phi) is 6.74. The van der Waals surface area contributed by atoms with Gasteiger partial charge in [0.2, 0.25) is 5.91 Å². The number of aromatic nitrogens is 1. The topological polar surface area (TPSA) is 124 Å². The highest BCUT2D eigenvalue weighted by molar-refractivity contribution is 5.89. The normalized spacial score (nSPS) is 13.0. The van der Waals surface area contributed by atoms with Crippen molar-refractivity contribution in [3.05, 3.63) is 36.0 Å². The number of fused-ring (bicyclic) bond motifs is 1. The molecule has 0 aliphatic rings. The Morgan fingerprint density at radius 2 is 1.92 bits per heavy atom. The van der Waals surface area contributed by atoms with Gasteiger partial charge in [-0.2, -0.15) is 0 Å². The van der Waals surface area contributed by atoms with Crippen molar-refractivity contribution in [3.63, 3.8) is 0 Å². The van der Waals surface area contributed by atoms with Gasteiger partial charge in [-0.3, -0.25) is 9.59 Å². The zero-order valence-corrected chi connectivity index (χ0v) is 14.8. The van der Waals surface area contributed by atoms with E-state index in [1.54, 1.807) is 6.20 Å². The summed E-state index contributed by atoms with van der Waals surface area (Å²) in [4.78, 5) is 38.6. The molecule has 1 aromatic carbocycles. The van der Waals surface area contributed by atoms with Gasteiger partial charge >= 0.3 is 11.9 Å². The summed E-state index contributed by atoms with van der Waals surface area (Å²) < 4.78 is 9.31. The van der Waals surface area contributed by atoms with E-state index in [4.69, 9.17) is 10.5 Å². The van der Waals surface area contributed by atoms with Gasteiger partial charge in [0, 0.05) is 29.9 Å². The van der Waals surface area contributed by atoms with Crippen LogP contribution in [0.25, 0.3) is 10.9 Å². The quantitative estimate of drug-likeness (QED) is 0.593. The molecule has 0 radical (unpaired) electrons. The van der Waals surface area contributed by atoms with Gasteiger partial charge < -0.3 is 25.5 Å². The lowest BCUT2D eigenvalue weighted by molar-refractivity contribution is -0.145. The molecule has 0 aliphatic heterocycles. The Bertz CT molecular complexity index is 786. The van der Waals surface area contributed by atoms with Crippen molar-refractivity contribution >= 4 is 28.7 Å². The van der Waals surface area contributed by atoms with Gasteiger partial charge in [-0.05, 0) is 18.1 Å². The molecular weight excluding hydrogens is 338 g/mol. The number of rotatable bonds is 8. The number of hydrogen-bond acceptors (Lipinski definition) is 6. The summed E-state index contributed by atoms with van der Waals surface area (Å²) in [5.41, 5.74) is 7.61. The van der Waals surface area contributed by atoms with Crippen LogP contribution in [0.2, 0.25) is 0 Å². The van der Waals surface area contributed by atoms with Crippen molar-refractivity contribution in [3.8, 4) is 0 Å². The fraction of sp³-hybridized carbons (Fsp3) is 0.389. The van der Waals surface area contributed by atoms with Crippen LogP contribution in [0, 0.1) is 0 Å². The van der Waals surface area contributed by atoms with Crippen molar-refractivity contribution < 1.29 is 23.9 Å². The predicted octanol–water partition coefficient (Wildman–Crippen LogP) is 0.649. The first kappa shape index (κ1) is 19.5. The number of hydrogen-bond donors (Lipinski definition) is 3. The second-order valence-electron chi connectivity index (χ2n) is 5.87. The maximum absolute atomic E-state index is 12.3. The summed E-state index contributed by atoms with van der Waals surface area (Å²) >= 11 is 0. The number of aromatic amines is 1. The number of nitrogens with two attached hydrogens (primary N) is 1. The number of para-hydroxylation sites is 1. The molecule has 0 bridgehead atoms. The zero-order chi connectivity index (χ0) is 19.1. The molecule has 1 amide bonds. The van der Waals surface area contributed by atoms with Gasteiger partial charge in [0.15, 0.2) is 0 Å². The van der Waals surface area contributed by atoms with E-state index < -0.39 is 29.9 Å². The Hall–Kier alpha value is -2.87. The fourth-order valence-electron chi connectivity index (χ4n) is 2.64. The summed E-state index contributed by atoms with van der Waals surface area (Å²) in [6.45, 7) is 0. The number of carbonyl (C=O) groups excluding carboxylic acids is 3. The van der Waals surface area contributed by atoms with E-state index in [1.165, 1.54) is 14.2 Å². The van der Waals surface area contributed by atoms with Crippen LogP contribution in [0.4, 0.5) is 0 Å². The molecule has 0 saturated carbocycles. The third-order valence-electron chi connectivity index (χ3n) is 4.13. The number of benzene rings is 1. The summed E-state index contributed by atoms with van der Waals surface area (Å²) in [6.07, 6.45) is 2.20. The summed E-state index contributed by atoms with van der Waals surface area (Å²) in [5, 5.41) is 3.57. The van der Waals surface area contributed by atoms with Crippen molar-refractivity contribution in [1.82, 2.24) is 10.3 Å². The first-order chi connectivity index (χ1) is 12.5. The number of esters is 2. The van der Waals surface area contributed by atoms with Crippen molar-refractivity contribution in [2.24, 2.45) is 5.73 Å². The summed E-state index contributed by atoms with van der Waals surface area (Å²) in [7, 11) is 2.52. The predicted molar refractivity (Wildman–Crippen MR) is 95.2 cm³/mol. The van der Waals surface area contributed by atoms with E-state index in [1.807, 2.05) is 24.3 Å². The molecule has 8 heteroatoms. The SMILES string of the molecule is COC(=O)CCC(N)C(=O)NC(Cc1c[nH]c2ccccc12)C(=O)OC. The van der Waals surface area contributed by atoms with Crippen molar-refractivity contribution in [2.45, 2.75) is 31.3 Å². The molecule has 0 fully saturated rings. The summed E-state index contributed by atoms with van der Waals surface area (Å²) in [5.74, 6) is -1.54. The molecule has 0 aliphatic carbocycles. The smallest absolute Gasteiger partial charge is 0.328 e. The number of ether oxygens (including phenoxy) is 2. The molecule has 140 valence electrons. The van der Waals surface area contributed by atoms with Gasteiger partial charge in [-0.1, -0.05) is 18.2 Å². The van der Waals surface area contributed by atoms with Crippen LogP contribution in [0.5, 0.6) is 0 Å². The van der Waals surface area contributed by atoms with E-state index in [0.717, 1.165) is 16.5 Å². The third-order valence-corrected chi connectivity index (χ3v) is 4.13. The summed E-state index contributed by atoms with van der Waals surface area (Å²) in [6, 6.07) is 5.85. The van der Waals surface area contributed by atoms with E-state index >= 15 is 0 Å². The van der Waals surface area contributed by atoms with Crippen LogP contribution in [0.1, 0.15) is 18.4 Å². The minimum Gasteiger partial charge on any atom is -0.469 e. The van der Waals surface area contributed by atoms with E-state index in [9.17, 15) is 14.4 Å². The zero-order valence-electron chi connectivity index (χ0n) is 14.8. The Morgan fingerprint density at radius 3 is 2.62 bits per heavy atom. The first-order valence-corrected chi connectivity index (χ1v) is 8.21. The maximum Gasteiger partial charge on any atom is 0.328 e. The first-order valence-electron chi connectivity index (χ1n) is 8.21. The number of carbonyl (C=O) groups is 3. The van der Waals surface area contributed by atoms with Gasteiger partial charge in [0.25, 0.3) is 0 Å². The third kappa shape index (κ3) is 4.82. The van der Waals surface area contributed by atoms with Gasteiger partial charge in [-0.15, -0.1) is 0 Å². The molecule has 2 rings (SSSR count). The monoisotopic (exact) mass is 361 g/mol. The lowest BCUT2D eigenvalue weighted by atomic mass is 10.0. The van der Waals surface area contributed by atoms with Gasteiger partial charge in [0.05, 0.1) is 20.3 Å². The maximum atomic E-state index is 12.3. The van der Waals surface area contributed by atoms with E-state index in [0.29, 0.717) is 0 Å². The van der Waals surface area contributed by atoms with Gasteiger partial charge in [-0.25, -0.2) is 4.79 Å². The highest BCUT2D eigenvalue weighted by atomic mass is 16.5. The molecule has 8 nitrogen and oxygen atoms in total. The van der Waals surface area contributed by atoms with Crippen LogP contribution in [0.3, 0.4) is 0 Å². The van der Waals surface area contributed by atoms with Crippen molar-refractivity contribution in [1.29, 1.82) is 0 Å². The molecule has 0 spiro atoms. The Balaban J connectivity index is 2.06. The minimum atomic E-state index is -0.927. The standard InChI is InChI=1S/C18H23N3O5/c1-25-16(22)8-7-13(19)17(23)21-15(18(24)26-2)9-11-10-20-14-6-4-3-5-12(11)14/h3-6,10,13,15,20H,7-9,19H2,1-2H3,(H,21,23). The number of nitrogens with one attached hydrogen (secondary N) is 2. The second-order valence-corrected chi connectivity index (χ2v) is 5.87. The minimum absolute atomic E-state index is 0.0242. The highest BCUT2D eigenvalue weighted by Gasteiger charge is 2.26. The van der Waals surface area contributed by atoms with Crippen LogP contribution in [0.15, 0.2) is 30.5 Å². The highest BCUT2D eigenvalue weighted by Crippen LogP contribution is 2.19. The molecule has 2 unspecified atom stereocenters. The van der Waals surface area contributed by atoms with Gasteiger partial charge in [0.1, 0.15) is 6.04 Å². The molecule has 1 heterocycles. The lowest BCUT2D eigenvalue weighted by Gasteiger charge is -2.19. The molecule has 4 N–H and O–H groups in total. The molecule has 1 aromatic heterocycles. The van der Waals surface area contributed by atoms with Crippen LogP contribution < -0.4 is 11.1 Å². The average Bonchev–Trinajstić information content (AvgIpc) is 3.07. The van der Waals surface area contributed by atoms with E-state index in [2.05, 4.69) is 15.0 Å². The molecule has 0 saturated heterocycles. The average molecular weight is 361 g/mol. The fourth-order valence-corrected chi connectivity index (χ4v) is 2.64. The molecule has 2 atom stereocenters. The molecule has 2 aromatic rings. The van der Waals surface area contributed by atoms with Crippen LogP contribution >= 0.6 is 0 Å². The second kappa shape index (κ2) is 9.00. The van der Waals surface area contributed by atoms with Crippen LogP contribution in [-0.2, 0) is 30.3 Å². The van der Waals surface area contributed by atoms with Crippen molar-refractivity contribution in [2.75, 3.05) is 14.2 Å². The largest absolute Gasteiger partial charge is 0.469 e. The van der Waals surface area contributed by atoms with Crippen LogP contribution in [-0.4, -0.2) is 49.1 Å². The van der Waals surface area contributed by atoms with E-state index in [-0.39, 0.29) is 19.3 Å². The number of H-pyrrole nitrogens is 1. The number of amides is 1. The Morgan fingerprint density at radius 1 is 1.19 bits per heavy atom.